The molecule has 3 aromatic rings. The third-order valence-electron chi connectivity index (χ3n) is 6.27. The highest BCUT2D eigenvalue weighted by atomic mass is 32.2. The molecule has 0 fully saturated rings. The molecule has 0 aliphatic heterocycles. The Bertz CT molecular complexity index is 1330. The van der Waals surface area contributed by atoms with Crippen LogP contribution in [0.15, 0.2) is 78.9 Å². The van der Waals surface area contributed by atoms with E-state index in [1.54, 1.807) is 12.1 Å². The first-order chi connectivity index (χ1) is 17.6. The lowest BCUT2D eigenvalue weighted by Crippen LogP contribution is -2.53. The number of benzene rings is 3. The van der Waals surface area contributed by atoms with Crippen molar-refractivity contribution < 1.29 is 18.0 Å². The predicted octanol–water partition coefficient (Wildman–Crippen LogP) is 3.71. The number of hydrogen-bond acceptors (Lipinski definition) is 4. The summed E-state index contributed by atoms with van der Waals surface area (Å²) in [4.78, 5) is 28.6. The lowest BCUT2D eigenvalue weighted by molar-refractivity contribution is -0.139. The highest BCUT2D eigenvalue weighted by Crippen LogP contribution is 2.24. The molecule has 3 rings (SSSR count). The summed E-state index contributed by atoms with van der Waals surface area (Å²) in [7, 11) is -2.25. The maximum absolute atomic E-state index is 14.0. The van der Waals surface area contributed by atoms with Crippen molar-refractivity contribution in [2.75, 3.05) is 24.2 Å². The Morgan fingerprint density at radius 3 is 2.19 bits per heavy atom. The van der Waals surface area contributed by atoms with Gasteiger partial charge in [-0.3, -0.25) is 13.9 Å². The van der Waals surface area contributed by atoms with Gasteiger partial charge in [-0.05, 0) is 36.1 Å². The number of aryl methyl sites for hydroxylation is 2. The van der Waals surface area contributed by atoms with Gasteiger partial charge in [0.1, 0.15) is 12.6 Å². The van der Waals surface area contributed by atoms with Crippen molar-refractivity contribution in [3.05, 3.63) is 101 Å². The summed E-state index contributed by atoms with van der Waals surface area (Å²) in [6.07, 6.45) is 2.00. The Labute approximate surface area is 220 Å². The van der Waals surface area contributed by atoms with Crippen LogP contribution in [0.3, 0.4) is 0 Å². The molecule has 1 unspecified atom stereocenters. The van der Waals surface area contributed by atoms with E-state index in [4.69, 9.17) is 0 Å². The Morgan fingerprint density at radius 1 is 0.919 bits per heavy atom. The fourth-order valence-corrected chi connectivity index (χ4v) is 5.26. The van der Waals surface area contributed by atoms with E-state index >= 15 is 0 Å². The Morgan fingerprint density at radius 2 is 1.57 bits per heavy atom. The molecule has 2 amide bonds. The number of nitrogens with zero attached hydrogens (tertiary/aromatic N) is 2. The van der Waals surface area contributed by atoms with Gasteiger partial charge < -0.3 is 10.2 Å². The van der Waals surface area contributed by atoms with Gasteiger partial charge in [0.2, 0.25) is 21.8 Å². The maximum atomic E-state index is 14.0. The van der Waals surface area contributed by atoms with Crippen molar-refractivity contribution in [2.45, 2.75) is 39.3 Å². The van der Waals surface area contributed by atoms with E-state index in [1.807, 2.05) is 80.6 Å². The number of para-hydroxylation sites is 1. The molecule has 8 heteroatoms. The molecule has 3 aromatic carbocycles. The first-order valence-electron chi connectivity index (χ1n) is 12.3. The first-order valence-corrected chi connectivity index (χ1v) is 14.1. The Hall–Kier alpha value is -3.65. The average molecular weight is 522 g/mol. The third-order valence-corrected chi connectivity index (χ3v) is 7.40. The molecule has 1 atom stereocenters. The summed E-state index contributed by atoms with van der Waals surface area (Å²) >= 11 is 0. The van der Waals surface area contributed by atoms with Gasteiger partial charge in [-0.25, -0.2) is 8.42 Å². The molecule has 0 radical (unpaired) electrons. The lowest BCUT2D eigenvalue weighted by atomic mass is 10.0. The lowest BCUT2D eigenvalue weighted by Gasteiger charge is -2.33. The van der Waals surface area contributed by atoms with Crippen LogP contribution in [0.1, 0.15) is 29.2 Å². The summed E-state index contributed by atoms with van der Waals surface area (Å²) in [6, 6.07) is 23.5. The standard InChI is InChI=1S/C29H35N3O4S/c1-5-25-16-9-10-17-26(25)32(37(4,35)36)21-28(33)31(20-24-15-11-12-22(2)18-24)27(29(34)30-3)19-23-13-7-6-8-14-23/h6-18,27H,5,19-21H2,1-4H3,(H,30,34). The van der Waals surface area contributed by atoms with Crippen LogP contribution in [0.5, 0.6) is 0 Å². The van der Waals surface area contributed by atoms with Gasteiger partial charge in [0.15, 0.2) is 0 Å². The van der Waals surface area contributed by atoms with E-state index in [-0.39, 0.29) is 12.5 Å². The SMILES string of the molecule is CCc1ccccc1N(CC(=O)N(Cc1cccc(C)c1)C(Cc1ccccc1)C(=O)NC)S(C)(=O)=O. The number of sulfonamides is 1. The summed E-state index contributed by atoms with van der Waals surface area (Å²) in [6.45, 7) is 3.65. The van der Waals surface area contributed by atoms with Gasteiger partial charge in [0.05, 0.1) is 11.9 Å². The van der Waals surface area contributed by atoms with E-state index in [0.717, 1.165) is 32.8 Å². The van der Waals surface area contributed by atoms with Crippen molar-refractivity contribution in [1.82, 2.24) is 10.2 Å². The number of carbonyl (C=O) groups is 2. The zero-order valence-corrected chi connectivity index (χ0v) is 22.7. The van der Waals surface area contributed by atoms with Crippen LogP contribution in [0, 0.1) is 6.92 Å². The van der Waals surface area contributed by atoms with Crippen molar-refractivity contribution in [3.8, 4) is 0 Å². The molecule has 0 aliphatic carbocycles. The summed E-state index contributed by atoms with van der Waals surface area (Å²) in [5, 5.41) is 2.69. The molecule has 0 heterocycles. The number of amides is 2. The van der Waals surface area contributed by atoms with Crippen LogP contribution in [0.4, 0.5) is 5.69 Å². The van der Waals surface area contributed by atoms with Crippen LogP contribution in [0.2, 0.25) is 0 Å². The highest BCUT2D eigenvalue weighted by molar-refractivity contribution is 7.92. The second-order valence-corrected chi connectivity index (χ2v) is 11.0. The zero-order valence-electron chi connectivity index (χ0n) is 21.8. The zero-order chi connectivity index (χ0) is 27.0. The minimum absolute atomic E-state index is 0.165. The van der Waals surface area contributed by atoms with Crippen LogP contribution < -0.4 is 9.62 Å². The molecular weight excluding hydrogens is 486 g/mol. The van der Waals surface area contributed by atoms with Gasteiger partial charge >= 0.3 is 0 Å². The summed E-state index contributed by atoms with van der Waals surface area (Å²) < 4.78 is 26.9. The third kappa shape index (κ3) is 7.43. The fourth-order valence-electron chi connectivity index (χ4n) is 4.38. The molecule has 1 N–H and O–H groups in total. The topological polar surface area (TPSA) is 86.8 Å². The molecule has 196 valence electrons. The van der Waals surface area contributed by atoms with Gasteiger partial charge in [0.25, 0.3) is 0 Å². The second kappa shape index (κ2) is 12.5. The number of likely N-dealkylation sites (N-methyl/N-ethyl adjacent to an activating group) is 1. The van der Waals surface area contributed by atoms with Gasteiger partial charge in [-0.1, -0.05) is 85.3 Å². The van der Waals surface area contributed by atoms with Gasteiger partial charge in [-0.2, -0.15) is 0 Å². The number of rotatable bonds is 11. The van der Waals surface area contributed by atoms with Gasteiger partial charge in [0, 0.05) is 20.0 Å². The van der Waals surface area contributed by atoms with Crippen molar-refractivity contribution in [3.63, 3.8) is 0 Å². The minimum Gasteiger partial charge on any atom is -0.357 e. The largest absolute Gasteiger partial charge is 0.357 e. The van der Waals surface area contributed by atoms with Crippen LogP contribution in [-0.2, 0) is 39.0 Å². The van der Waals surface area contributed by atoms with E-state index in [9.17, 15) is 18.0 Å². The second-order valence-electron chi connectivity index (χ2n) is 9.08. The average Bonchev–Trinajstić information content (AvgIpc) is 2.88. The summed E-state index contributed by atoms with van der Waals surface area (Å²) in [5.74, 6) is -0.771. The van der Waals surface area contributed by atoms with E-state index in [2.05, 4.69) is 5.32 Å². The fraction of sp³-hybridized carbons (Fsp3) is 0.310. The molecule has 7 nitrogen and oxygen atoms in total. The van der Waals surface area contributed by atoms with E-state index in [1.165, 1.54) is 11.9 Å². The number of nitrogens with one attached hydrogen (secondary N) is 1. The molecular formula is C29H35N3O4S. The Kier molecular flexibility index (Phi) is 9.47. The number of hydrogen-bond donors (Lipinski definition) is 1. The van der Waals surface area contributed by atoms with Crippen LogP contribution in [0.25, 0.3) is 0 Å². The number of carbonyl (C=O) groups excluding carboxylic acids is 2. The van der Waals surface area contributed by atoms with Crippen LogP contribution in [-0.4, -0.2) is 51.0 Å². The quantitative estimate of drug-likeness (QED) is 0.417. The predicted molar refractivity (Wildman–Crippen MR) is 148 cm³/mol. The monoisotopic (exact) mass is 521 g/mol. The van der Waals surface area contributed by atoms with Crippen molar-refractivity contribution >= 4 is 27.5 Å². The van der Waals surface area contributed by atoms with E-state index in [0.29, 0.717) is 18.5 Å². The minimum atomic E-state index is -3.78. The molecule has 0 aliphatic rings. The molecule has 0 saturated carbocycles. The molecule has 0 aromatic heterocycles. The smallest absolute Gasteiger partial charge is 0.244 e. The maximum Gasteiger partial charge on any atom is 0.244 e. The molecule has 0 spiro atoms. The molecule has 37 heavy (non-hydrogen) atoms. The first kappa shape index (κ1) is 27.9. The van der Waals surface area contributed by atoms with Crippen molar-refractivity contribution in [2.24, 2.45) is 0 Å². The molecule has 0 saturated heterocycles. The summed E-state index contributed by atoms with van der Waals surface area (Å²) in [5.41, 5.74) is 4.07. The number of anilines is 1. The Balaban J connectivity index is 2.05. The van der Waals surface area contributed by atoms with Crippen molar-refractivity contribution in [1.29, 1.82) is 0 Å². The van der Waals surface area contributed by atoms with Crippen LogP contribution >= 0.6 is 0 Å². The molecule has 0 bridgehead atoms. The van der Waals surface area contributed by atoms with E-state index < -0.39 is 28.5 Å². The highest BCUT2D eigenvalue weighted by Gasteiger charge is 2.33. The van der Waals surface area contributed by atoms with Gasteiger partial charge in [-0.15, -0.1) is 0 Å². The normalized spacial score (nSPS) is 12.0.